The maximum Gasteiger partial charge on any atom is 0.264 e. The quantitative estimate of drug-likeness (QED) is 0.589. The SMILES string of the molecule is CCC1Oc2ccc(NC(=O)c3cccc(F)c3)cc2CN(Cc2cccc(OC)c2)C1=O. The van der Waals surface area contributed by atoms with Crippen molar-refractivity contribution in [3.8, 4) is 11.5 Å². The monoisotopic (exact) mass is 448 g/mol. The van der Waals surface area contributed by atoms with Gasteiger partial charge in [0.25, 0.3) is 11.8 Å². The van der Waals surface area contributed by atoms with Crippen molar-refractivity contribution in [2.45, 2.75) is 32.5 Å². The second-order valence-corrected chi connectivity index (χ2v) is 7.85. The van der Waals surface area contributed by atoms with E-state index in [2.05, 4.69) is 5.32 Å². The first-order valence-electron chi connectivity index (χ1n) is 10.7. The van der Waals surface area contributed by atoms with Gasteiger partial charge in [0, 0.05) is 29.9 Å². The van der Waals surface area contributed by atoms with E-state index in [1.165, 1.54) is 18.2 Å². The molecule has 0 saturated carbocycles. The van der Waals surface area contributed by atoms with Crippen LogP contribution >= 0.6 is 0 Å². The zero-order chi connectivity index (χ0) is 23.4. The van der Waals surface area contributed by atoms with Gasteiger partial charge in [0.15, 0.2) is 6.10 Å². The summed E-state index contributed by atoms with van der Waals surface area (Å²) in [6, 6.07) is 18.3. The topological polar surface area (TPSA) is 67.9 Å². The fourth-order valence-corrected chi connectivity index (χ4v) is 3.80. The molecule has 1 aliphatic heterocycles. The molecule has 1 heterocycles. The van der Waals surface area contributed by atoms with Crippen LogP contribution in [0, 0.1) is 5.82 Å². The molecule has 0 spiro atoms. The molecule has 0 radical (unpaired) electrons. The number of nitrogens with one attached hydrogen (secondary N) is 1. The summed E-state index contributed by atoms with van der Waals surface area (Å²) in [6.07, 6.45) is -0.0603. The molecule has 3 aromatic carbocycles. The predicted octanol–water partition coefficient (Wildman–Crippen LogP) is 4.79. The van der Waals surface area contributed by atoms with Gasteiger partial charge in [-0.05, 0) is 60.5 Å². The molecule has 3 aromatic rings. The molecular formula is C26H25FN2O4. The second kappa shape index (κ2) is 9.73. The van der Waals surface area contributed by atoms with E-state index in [1.807, 2.05) is 31.2 Å². The summed E-state index contributed by atoms with van der Waals surface area (Å²) in [7, 11) is 1.60. The highest BCUT2D eigenvalue weighted by Gasteiger charge is 2.30. The molecule has 1 atom stereocenters. The van der Waals surface area contributed by atoms with Crippen molar-refractivity contribution in [3.63, 3.8) is 0 Å². The van der Waals surface area contributed by atoms with E-state index in [4.69, 9.17) is 9.47 Å². The molecule has 170 valence electrons. The number of amides is 2. The summed E-state index contributed by atoms with van der Waals surface area (Å²) in [5.41, 5.74) is 2.48. The van der Waals surface area contributed by atoms with Crippen LogP contribution in [0.2, 0.25) is 0 Å². The second-order valence-electron chi connectivity index (χ2n) is 7.85. The summed E-state index contributed by atoms with van der Waals surface area (Å²) in [5, 5.41) is 2.79. The number of halogens is 1. The minimum Gasteiger partial charge on any atom is -0.497 e. The van der Waals surface area contributed by atoms with Crippen molar-refractivity contribution in [2.75, 3.05) is 12.4 Å². The Morgan fingerprint density at radius 2 is 1.97 bits per heavy atom. The number of carbonyl (C=O) groups excluding carboxylic acids is 2. The van der Waals surface area contributed by atoms with Gasteiger partial charge in [-0.1, -0.05) is 25.1 Å². The third kappa shape index (κ3) is 5.14. The number of anilines is 1. The van der Waals surface area contributed by atoms with Gasteiger partial charge in [0.05, 0.1) is 7.11 Å². The lowest BCUT2D eigenvalue weighted by molar-refractivity contribution is -0.139. The van der Waals surface area contributed by atoms with Crippen molar-refractivity contribution in [3.05, 3.63) is 89.2 Å². The Morgan fingerprint density at radius 1 is 1.15 bits per heavy atom. The summed E-state index contributed by atoms with van der Waals surface area (Å²) in [6.45, 7) is 2.63. The van der Waals surface area contributed by atoms with E-state index in [1.54, 1.807) is 36.3 Å². The van der Waals surface area contributed by atoms with Crippen LogP contribution in [0.5, 0.6) is 11.5 Å². The Kier molecular flexibility index (Phi) is 6.58. The standard InChI is InChI=1S/C26H25FN2O4/c1-3-23-26(31)29(15-17-6-4-9-22(12-17)32-2)16-19-14-21(10-11-24(19)33-23)28-25(30)18-7-5-8-20(27)13-18/h4-14,23H,3,15-16H2,1-2H3,(H,28,30). The Hall–Kier alpha value is -3.87. The van der Waals surface area contributed by atoms with E-state index in [9.17, 15) is 14.0 Å². The Bertz CT molecular complexity index is 1180. The predicted molar refractivity (Wildman–Crippen MR) is 123 cm³/mol. The highest BCUT2D eigenvalue weighted by molar-refractivity contribution is 6.04. The molecule has 4 rings (SSSR count). The molecule has 33 heavy (non-hydrogen) atoms. The number of carbonyl (C=O) groups is 2. The van der Waals surface area contributed by atoms with Crippen LogP contribution in [0.3, 0.4) is 0 Å². The van der Waals surface area contributed by atoms with Crippen LogP contribution in [0.1, 0.15) is 34.8 Å². The van der Waals surface area contributed by atoms with E-state index in [-0.39, 0.29) is 11.5 Å². The van der Waals surface area contributed by atoms with Crippen molar-refractivity contribution in [2.24, 2.45) is 0 Å². The van der Waals surface area contributed by atoms with Crippen molar-refractivity contribution in [1.82, 2.24) is 4.90 Å². The highest BCUT2D eigenvalue weighted by Crippen LogP contribution is 2.30. The highest BCUT2D eigenvalue weighted by atomic mass is 19.1. The smallest absolute Gasteiger partial charge is 0.264 e. The number of ether oxygens (including phenoxy) is 2. The number of nitrogens with zero attached hydrogens (tertiary/aromatic N) is 1. The molecule has 0 saturated heterocycles. The lowest BCUT2D eigenvalue weighted by Crippen LogP contribution is -2.38. The van der Waals surface area contributed by atoms with Crippen LogP contribution in [0.15, 0.2) is 66.7 Å². The molecule has 0 bridgehead atoms. The first-order valence-corrected chi connectivity index (χ1v) is 10.7. The number of hydrogen-bond acceptors (Lipinski definition) is 4. The molecule has 1 aliphatic rings. The fraction of sp³-hybridized carbons (Fsp3) is 0.231. The Morgan fingerprint density at radius 3 is 2.73 bits per heavy atom. The van der Waals surface area contributed by atoms with Gasteiger partial charge >= 0.3 is 0 Å². The first kappa shape index (κ1) is 22.3. The van der Waals surface area contributed by atoms with Crippen molar-refractivity contribution < 1.29 is 23.5 Å². The molecule has 0 aliphatic carbocycles. The molecule has 7 heteroatoms. The zero-order valence-corrected chi connectivity index (χ0v) is 18.5. The van der Waals surface area contributed by atoms with E-state index in [0.717, 1.165) is 16.9 Å². The van der Waals surface area contributed by atoms with E-state index < -0.39 is 17.8 Å². The lowest BCUT2D eigenvalue weighted by Gasteiger charge is -2.23. The van der Waals surface area contributed by atoms with Gasteiger partial charge in [-0.15, -0.1) is 0 Å². The van der Waals surface area contributed by atoms with Crippen LogP contribution in [-0.2, 0) is 17.9 Å². The largest absolute Gasteiger partial charge is 0.497 e. The molecular weight excluding hydrogens is 423 g/mol. The maximum atomic E-state index is 13.5. The van der Waals surface area contributed by atoms with E-state index >= 15 is 0 Å². The molecule has 6 nitrogen and oxygen atoms in total. The third-order valence-electron chi connectivity index (χ3n) is 5.50. The number of benzene rings is 3. The lowest BCUT2D eigenvalue weighted by atomic mass is 10.1. The minimum absolute atomic E-state index is 0.0955. The number of fused-ring (bicyclic) bond motifs is 1. The van der Waals surface area contributed by atoms with Crippen LogP contribution in [-0.4, -0.2) is 29.9 Å². The molecule has 2 amide bonds. The van der Waals surface area contributed by atoms with Gasteiger partial charge in [-0.25, -0.2) is 4.39 Å². The maximum absolute atomic E-state index is 13.5. The average Bonchev–Trinajstić information content (AvgIpc) is 2.95. The van der Waals surface area contributed by atoms with Gasteiger partial charge in [0.1, 0.15) is 17.3 Å². The number of rotatable bonds is 6. The van der Waals surface area contributed by atoms with Gasteiger partial charge < -0.3 is 19.7 Å². The minimum atomic E-state index is -0.593. The zero-order valence-electron chi connectivity index (χ0n) is 18.5. The van der Waals surface area contributed by atoms with Crippen molar-refractivity contribution >= 4 is 17.5 Å². The molecule has 1 unspecified atom stereocenters. The van der Waals surface area contributed by atoms with Crippen LogP contribution in [0.4, 0.5) is 10.1 Å². The summed E-state index contributed by atoms with van der Waals surface area (Å²) in [4.78, 5) is 27.4. The van der Waals surface area contributed by atoms with E-state index in [0.29, 0.717) is 30.9 Å². The third-order valence-corrected chi connectivity index (χ3v) is 5.50. The molecule has 0 fully saturated rings. The number of methoxy groups -OCH3 is 1. The van der Waals surface area contributed by atoms with Gasteiger partial charge in [-0.2, -0.15) is 0 Å². The number of hydrogen-bond donors (Lipinski definition) is 1. The first-order chi connectivity index (χ1) is 16.0. The Balaban J connectivity index is 1.59. The van der Waals surface area contributed by atoms with Crippen LogP contribution in [0.25, 0.3) is 0 Å². The molecule has 0 aromatic heterocycles. The average molecular weight is 448 g/mol. The van der Waals surface area contributed by atoms with Crippen molar-refractivity contribution in [1.29, 1.82) is 0 Å². The van der Waals surface area contributed by atoms with Gasteiger partial charge in [0.2, 0.25) is 0 Å². The van der Waals surface area contributed by atoms with Gasteiger partial charge in [-0.3, -0.25) is 9.59 Å². The summed E-state index contributed by atoms with van der Waals surface area (Å²) < 4.78 is 24.8. The fourth-order valence-electron chi connectivity index (χ4n) is 3.80. The normalized spacial score (nSPS) is 15.3. The van der Waals surface area contributed by atoms with Crippen LogP contribution < -0.4 is 14.8 Å². The Labute approximate surface area is 191 Å². The molecule has 1 N–H and O–H groups in total. The summed E-state index contributed by atoms with van der Waals surface area (Å²) >= 11 is 0. The summed E-state index contributed by atoms with van der Waals surface area (Å²) in [5.74, 6) is 0.338.